The topological polar surface area (TPSA) is 80.9 Å². The van der Waals surface area contributed by atoms with E-state index in [1.54, 1.807) is 18.3 Å². The summed E-state index contributed by atoms with van der Waals surface area (Å²) < 4.78 is 0. The monoisotopic (exact) mass is 274 g/mol. The van der Waals surface area contributed by atoms with Crippen molar-refractivity contribution in [2.24, 2.45) is 0 Å². The maximum Gasteiger partial charge on any atom is 0.232 e. The van der Waals surface area contributed by atoms with E-state index in [-0.39, 0.29) is 12.3 Å². The van der Waals surface area contributed by atoms with Gasteiger partial charge in [0.1, 0.15) is 0 Å². The zero-order valence-corrected chi connectivity index (χ0v) is 11.1. The van der Waals surface area contributed by atoms with E-state index in [2.05, 4.69) is 15.3 Å². The van der Waals surface area contributed by atoms with Crippen LogP contribution in [0.15, 0.2) is 23.7 Å². The Labute approximate surface area is 114 Å². The van der Waals surface area contributed by atoms with Crippen LogP contribution in [0.4, 0.5) is 10.8 Å². The molecule has 3 N–H and O–H groups in total. The van der Waals surface area contributed by atoms with Crippen molar-refractivity contribution in [1.29, 1.82) is 0 Å². The van der Waals surface area contributed by atoms with Crippen LogP contribution in [0.2, 0.25) is 0 Å². The van der Waals surface area contributed by atoms with Crippen molar-refractivity contribution in [2.75, 3.05) is 11.1 Å². The van der Waals surface area contributed by atoms with Crippen molar-refractivity contribution in [3.05, 3.63) is 35.1 Å². The highest BCUT2D eigenvalue weighted by Crippen LogP contribution is 2.40. The van der Waals surface area contributed by atoms with Gasteiger partial charge in [0.05, 0.1) is 24.0 Å². The largest absolute Gasteiger partial charge is 0.397 e. The third kappa shape index (κ3) is 3.08. The Morgan fingerprint density at radius 1 is 1.47 bits per heavy atom. The average molecular weight is 274 g/mol. The van der Waals surface area contributed by atoms with Gasteiger partial charge in [0.15, 0.2) is 5.13 Å². The zero-order valence-electron chi connectivity index (χ0n) is 10.3. The first-order valence-electron chi connectivity index (χ1n) is 6.16. The molecule has 0 atom stereocenters. The molecule has 1 fully saturated rings. The predicted octanol–water partition coefficient (Wildman–Crippen LogP) is 2.18. The van der Waals surface area contributed by atoms with Gasteiger partial charge in [-0.2, -0.15) is 0 Å². The van der Waals surface area contributed by atoms with E-state index < -0.39 is 0 Å². The first kappa shape index (κ1) is 12.1. The lowest BCUT2D eigenvalue weighted by molar-refractivity contribution is -0.115. The molecule has 5 nitrogen and oxygen atoms in total. The number of nitrogens with two attached hydrogens (primary N) is 1. The summed E-state index contributed by atoms with van der Waals surface area (Å²) in [5.41, 5.74) is 7.94. The summed E-state index contributed by atoms with van der Waals surface area (Å²) in [5, 5.41) is 5.50. The molecule has 2 heterocycles. The fourth-order valence-corrected chi connectivity index (χ4v) is 2.59. The number of hydrogen-bond acceptors (Lipinski definition) is 5. The molecule has 1 aliphatic carbocycles. The summed E-state index contributed by atoms with van der Waals surface area (Å²) >= 11 is 1.48. The van der Waals surface area contributed by atoms with Gasteiger partial charge in [0.25, 0.3) is 0 Å². The van der Waals surface area contributed by atoms with E-state index in [0.717, 1.165) is 5.69 Å². The van der Waals surface area contributed by atoms with Gasteiger partial charge >= 0.3 is 0 Å². The molecule has 1 saturated carbocycles. The summed E-state index contributed by atoms with van der Waals surface area (Å²) in [5.74, 6) is 0.509. The van der Waals surface area contributed by atoms with Crippen molar-refractivity contribution in [2.45, 2.75) is 25.2 Å². The van der Waals surface area contributed by atoms with Crippen molar-refractivity contribution in [3.63, 3.8) is 0 Å². The normalized spacial score (nSPS) is 14.3. The zero-order chi connectivity index (χ0) is 13.2. The Morgan fingerprint density at radius 3 is 3.00 bits per heavy atom. The van der Waals surface area contributed by atoms with Crippen LogP contribution in [0.25, 0.3) is 0 Å². The molecule has 3 rings (SSSR count). The predicted molar refractivity (Wildman–Crippen MR) is 75.1 cm³/mol. The van der Waals surface area contributed by atoms with Crippen LogP contribution in [-0.4, -0.2) is 15.9 Å². The number of nitrogens with one attached hydrogen (secondary N) is 1. The maximum atomic E-state index is 11.8. The minimum Gasteiger partial charge on any atom is -0.397 e. The molecule has 0 saturated heterocycles. The maximum absolute atomic E-state index is 11.8. The second kappa shape index (κ2) is 4.97. The van der Waals surface area contributed by atoms with Crippen LogP contribution < -0.4 is 11.1 Å². The second-order valence-corrected chi connectivity index (χ2v) is 5.52. The number of amides is 1. The lowest BCUT2D eigenvalue weighted by atomic mass is 10.2. The van der Waals surface area contributed by atoms with Crippen molar-refractivity contribution in [3.8, 4) is 0 Å². The SMILES string of the molecule is Nc1ccc(CC(=O)Nc2nc(C3CC3)cs2)nc1. The average Bonchev–Trinajstić information content (AvgIpc) is 3.14. The van der Waals surface area contributed by atoms with E-state index in [9.17, 15) is 4.79 Å². The summed E-state index contributed by atoms with van der Waals surface area (Å²) in [6.07, 6.45) is 4.22. The molecule has 0 spiro atoms. The molecule has 0 unspecified atom stereocenters. The number of aromatic nitrogens is 2. The van der Waals surface area contributed by atoms with Crippen LogP contribution in [-0.2, 0) is 11.2 Å². The van der Waals surface area contributed by atoms with E-state index in [4.69, 9.17) is 5.73 Å². The van der Waals surface area contributed by atoms with Crippen LogP contribution in [0.3, 0.4) is 0 Å². The van der Waals surface area contributed by atoms with Gasteiger partial charge in [-0.05, 0) is 25.0 Å². The minimum atomic E-state index is -0.103. The Balaban J connectivity index is 1.59. The molecule has 0 radical (unpaired) electrons. The molecular weight excluding hydrogens is 260 g/mol. The van der Waals surface area contributed by atoms with Crippen molar-refractivity contribution in [1.82, 2.24) is 9.97 Å². The van der Waals surface area contributed by atoms with Gasteiger partial charge < -0.3 is 11.1 Å². The third-order valence-corrected chi connectivity index (χ3v) is 3.73. The molecule has 98 valence electrons. The molecule has 6 heteroatoms. The molecule has 2 aromatic heterocycles. The number of pyridine rings is 1. The number of nitrogen functional groups attached to an aromatic ring is 1. The first-order chi connectivity index (χ1) is 9.20. The fraction of sp³-hybridized carbons (Fsp3) is 0.308. The van der Waals surface area contributed by atoms with E-state index in [1.165, 1.54) is 24.2 Å². The van der Waals surface area contributed by atoms with Crippen LogP contribution in [0.1, 0.15) is 30.1 Å². The van der Waals surface area contributed by atoms with E-state index >= 15 is 0 Å². The smallest absolute Gasteiger partial charge is 0.232 e. The first-order valence-corrected chi connectivity index (χ1v) is 7.04. The van der Waals surface area contributed by atoms with Gasteiger partial charge in [-0.1, -0.05) is 0 Å². The fourth-order valence-electron chi connectivity index (χ4n) is 1.78. The van der Waals surface area contributed by atoms with Crippen molar-refractivity contribution < 1.29 is 4.79 Å². The third-order valence-electron chi connectivity index (χ3n) is 2.95. The standard InChI is InChI=1S/C13H14N4OS/c14-9-3-4-10(15-6-9)5-12(18)17-13-16-11(7-19-13)8-1-2-8/h3-4,6-8H,1-2,5,14H2,(H,16,17,18). The summed E-state index contributed by atoms with van der Waals surface area (Å²) in [6.45, 7) is 0. The highest BCUT2D eigenvalue weighted by molar-refractivity contribution is 7.13. The number of carbonyl (C=O) groups is 1. The number of hydrogen-bond donors (Lipinski definition) is 2. The Morgan fingerprint density at radius 2 is 2.32 bits per heavy atom. The van der Waals surface area contributed by atoms with Crippen LogP contribution >= 0.6 is 11.3 Å². The van der Waals surface area contributed by atoms with Crippen molar-refractivity contribution >= 4 is 28.1 Å². The lowest BCUT2D eigenvalue weighted by Crippen LogP contribution is -2.15. The van der Waals surface area contributed by atoms with E-state index in [1.807, 2.05) is 5.38 Å². The molecule has 19 heavy (non-hydrogen) atoms. The molecular formula is C13H14N4OS. The minimum absolute atomic E-state index is 0.103. The molecule has 1 amide bonds. The highest BCUT2D eigenvalue weighted by Gasteiger charge is 2.26. The number of carbonyl (C=O) groups excluding carboxylic acids is 1. The van der Waals surface area contributed by atoms with Crippen LogP contribution in [0, 0.1) is 0 Å². The number of rotatable bonds is 4. The Bertz CT molecular complexity index is 589. The van der Waals surface area contributed by atoms with Crippen LogP contribution in [0.5, 0.6) is 0 Å². The molecule has 0 aromatic carbocycles. The highest BCUT2D eigenvalue weighted by atomic mass is 32.1. The number of thiazole rings is 1. The van der Waals surface area contributed by atoms with Gasteiger partial charge in [0.2, 0.25) is 5.91 Å². The van der Waals surface area contributed by atoms with Gasteiger partial charge in [-0.25, -0.2) is 4.98 Å². The van der Waals surface area contributed by atoms with Gasteiger partial charge in [0, 0.05) is 17.0 Å². The molecule has 0 bridgehead atoms. The second-order valence-electron chi connectivity index (χ2n) is 4.66. The summed E-state index contributed by atoms with van der Waals surface area (Å²) in [4.78, 5) is 20.4. The quantitative estimate of drug-likeness (QED) is 0.895. The molecule has 0 aliphatic heterocycles. The summed E-state index contributed by atoms with van der Waals surface area (Å²) in [6, 6.07) is 3.50. The van der Waals surface area contributed by atoms with E-state index in [0.29, 0.717) is 22.4 Å². The Hall–Kier alpha value is -1.95. The van der Waals surface area contributed by atoms with Gasteiger partial charge in [-0.3, -0.25) is 9.78 Å². The lowest BCUT2D eigenvalue weighted by Gasteiger charge is -2.01. The number of nitrogens with zero attached hydrogens (tertiary/aromatic N) is 2. The molecule has 1 aliphatic rings. The molecule has 2 aromatic rings. The Kier molecular flexibility index (Phi) is 3.16. The number of anilines is 2. The summed E-state index contributed by atoms with van der Waals surface area (Å²) in [7, 11) is 0. The van der Waals surface area contributed by atoms with Gasteiger partial charge in [-0.15, -0.1) is 11.3 Å².